The number of amides is 1. The Bertz CT molecular complexity index is 889. The molecule has 0 unspecified atom stereocenters. The van der Waals surface area contributed by atoms with Crippen molar-refractivity contribution < 1.29 is 19.1 Å². The lowest BCUT2D eigenvalue weighted by molar-refractivity contribution is -0.143. The predicted octanol–water partition coefficient (Wildman–Crippen LogP) is 4.12. The first kappa shape index (κ1) is 18.8. The summed E-state index contributed by atoms with van der Waals surface area (Å²) >= 11 is 3.51. The first-order chi connectivity index (χ1) is 13.6. The van der Waals surface area contributed by atoms with Crippen LogP contribution < -0.4 is 5.32 Å². The van der Waals surface area contributed by atoms with Crippen LogP contribution in [0.3, 0.4) is 0 Å². The van der Waals surface area contributed by atoms with Crippen LogP contribution in [-0.4, -0.2) is 36.7 Å². The van der Waals surface area contributed by atoms with Gasteiger partial charge in [-0.3, -0.25) is 0 Å². The molecule has 1 N–H and O–H groups in total. The third-order valence-corrected chi connectivity index (χ3v) is 5.90. The summed E-state index contributed by atoms with van der Waals surface area (Å²) < 4.78 is 11.5. The van der Waals surface area contributed by atoms with Gasteiger partial charge in [0.25, 0.3) is 0 Å². The topological polar surface area (TPSA) is 67.9 Å². The zero-order valence-corrected chi connectivity index (χ0v) is 17.0. The number of halogens is 1. The van der Waals surface area contributed by atoms with E-state index < -0.39 is 6.04 Å². The summed E-state index contributed by atoms with van der Waals surface area (Å²) in [5, 5.41) is 3.29. The van der Waals surface area contributed by atoms with Crippen LogP contribution in [-0.2, 0) is 20.9 Å². The fraction of sp³-hybridized carbons (Fsp3) is 0.333. The molecule has 2 aromatic rings. The molecule has 1 amide bonds. The highest BCUT2D eigenvalue weighted by atomic mass is 79.9. The Kier molecular flexibility index (Phi) is 5.26. The largest absolute Gasteiger partial charge is 0.467 e. The Morgan fingerprint density at radius 3 is 2.75 bits per heavy atom. The molecule has 0 aliphatic carbocycles. The van der Waals surface area contributed by atoms with Crippen molar-refractivity contribution in [2.75, 3.05) is 19.0 Å². The number of hydrogen-bond acceptors (Lipinski definition) is 5. The van der Waals surface area contributed by atoms with Crippen molar-refractivity contribution in [2.24, 2.45) is 5.92 Å². The van der Waals surface area contributed by atoms with Crippen LogP contribution in [0.2, 0.25) is 0 Å². The molecular weight excluding hydrogens is 424 g/mol. The summed E-state index contributed by atoms with van der Waals surface area (Å²) in [6.45, 7) is 0.752. The lowest BCUT2D eigenvalue weighted by Gasteiger charge is -2.38. The number of nitrogens with zero attached hydrogens (tertiary/aromatic N) is 1. The molecule has 2 aliphatic heterocycles. The Morgan fingerprint density at radius 2 is 2.00 bits per heavy atom. The maximum Gasteiger partial charge on any atom is 0.410 e. The van der Waals surface area contributed by atoms with Gasteiger partial charge >= 0.3 is 12.1 Å². The second-order valence-corrected chi connectivity index (χ2v) is 7.92. The Balaban J connectivity index is 1.60. The van der Waals surface area contributed by atoms with E-state index in [4.69, 9.17) is 9.47 Å². The van der Waals surface area contributed by atoms with Gasteiger partial charge in [0, 0.05) is 22.6 Å². The predicted molar refractivity (Wildman–Crippen MR) is 108 cm³/mol. The van der Waals surface area contributed by atoms with Gasteiger partial charge in [-0.05, 0) is 35.7 Å². The van der Waals surface area contributed by atoms with Crippen molar-refractivity contribution in [3.8, 4) is 0 Å². The maximum absolute atomic E-state index is 12.9. The van der Waals surface area contributed by atoms with Crippen LogP contribution in [0.5, 0.6) is 0 Å². The lowest BCUT2D eigenvalue weighted by atomic mass is 9.83. The molecule has 0 spiro atoms. The number of benzene rings is 2. The summed E-state index contributed by atoms with van der Waals surface area (Å²) in [4.78, 5) is 26.9. The quantitative estimate of drug-likeness (QED) is 0.721. The molecule has 28 heavy (non-hydrogen) atoms. The molecule has 2 aromatic carbocycles. The van der Waals surface area contributed by atoms with E-state index >= 15 is 0 Å². The van der Waals surface area contributed by atoms with Gasteiger partial charge in [-0.1, -0.05) is 46.3 Å². The maximum atomic E-state index is 12.9. The fourth-order valence-corrected chi connectivity index (χ4v) is 4.49. The van der Waals surface area contributed by atoms with Crippen molar-refractivity contribution >= 4 is 33.7 Å². The average molecular weight is 445 g/mol. The molecule has 0 saturated carbocycles. The van der Waals surface area contributed by atoms with E-state index in [2.05, 4.69) is 21.2 Å². The zero-order valence-electron chi connectivity index (χ0n) is 15.4. The van der Waals surface area contributed by atoms with Crippen molar-refractivity contribution in [2.45, 2.75) is 25.1 Å². The summed E-state index contributed by atoms with van der Waals surface area (Å²) in [7, 11) is 1.39. The minimum atomic E-state index is -0.490. The Hall–Kier alpha value is -2.54. The van der Waals surface area contributed by atoms with Gasteiger partial charge in [-0.2, -0.15) is 0 Å². The standard InChI is InChI=1S/C21H21BrN2O4/c1-27-20(25)18-15-9-10-24(21(26)28-12-13-5-3-2-4-6-13)19(15)16-11-14(22)7-8-17(16)23-18/h2-8,11,15,18-19,23H,9-10,12H2,1H3/t15-,18+,19-/m0/s1. The molecule has 4 rings (SSSR count). The highest BCUT2D eigenvalue weighted by molar-refractivity contribution is 9.10. The Morgan fingerprint density at radius 1 is 1.21 bits per heavy atom. The number of hydrogen-bond donors (Lipinski definition) is 1. The third kappa shape index (κ3) is 3.46. The molecule has 3 atom stereocenters. The lowest BCUT2D eigenvalue weighted by Crippen LogP contribution is -2.45. The number of anilines is 1. The molecular formula is C21H21BrN2O4. The summed E-state index contributed by atoms with van der Waals surface area (Å²) in [6, 6.07) is 14.7. The number of rotatable bonds is 3. The number of fused-ring (bicyclic) bond motifs is 3. The van der Waals surface area contributed by atoms with Gasteiger partial charge in [0.2, 0.25) is 0 Å². The highest BCUT2D eigenvalue weighted by Crippen LogP contribution is 2.47. The van der Waals surface area contributed by atoms with Gasteiger partial charge in [-0.15, -0.1) is 0 Å². The summed E-state index contributed by atoms with van der Waals surface area (Å²) in [5.41, 5.74) is 2.75. The van der Waals surface area contributed by atoms with Crippen LogP contribution in [0.25, 0.3) is 0 Å². The van der Waals surface area contributed by atoms with Crippen molar-refractivity contribution in [1.82, 2.24) is 4.90 Å². The molecule has 2 aliphatic rings. The van der Waals surface area contributed by atoms with E-state index in [0.717, 1.165) is 21.3 Å². The minimum absolute atomic E-state index is 0.0708. The molecule has 0 radical (unpaired) electrons. The van der Waals surface area contributed by atoms with Gasteiger partial charge in [-0.25, -0.2) is 9.59 Å². The number of nitrogens with one attached hydrogen (secondary N) is 1. The molecule has 146 valence electrons. The zero-order chi connectivity index (χ0) is 19.7. The Labute approximate surface area is 171 Å². The van der Waals surface area contributed by atoms with Gasteiger partial charge in [0.05, 0.1) is 13.2 Å². The first-order valence-electron chi connectivity index (χ1n) is 9.19. The highest BCUT2D eigenvalue weighted by Gasteiger charge is 2.49. The molecule has 7 heteroatoms. The SMILES string of the molecule is COC(=O)[C@@H]1Nc2ccc(Br)cc2[C@@H]2[C@H]1CCN2C(=O)OCc1ccccc1. The smallest absolute Gasteiger partial charge is 0.410 e. The molecule has 6 nitrogen and oxygen atoms in total. The first-order valence-corrected chi connectivity index (χ1v) is 9.99. The van der Waals surface area contributed by atoms with Gasteiger partial charge < -0.3 is 19.7 Å². The van der Waals surface area contributed by atoms with Gasteiger partial charge in [0.1, 0.15) is 12.6 Å². The van der Waals surface area contributed by atoms with E-state index in [1.54, 1.807) is 4.90 Å². The van der Waals surface area contributed by atoms with Gasteiger partial charge in [0.15, 0.2) is 0 Å². The van der Waals surface area contributed by atoms with E-state index in [9.17, 15) is 9.59 Å². The van der Waals surface area contributed by atoms with E-state index in [1.165, 1.54) is 7.11 Å². The number of likely N-dealkylation sites (tertiary alicyclic amines) is 1. The molecule has 2 heterocycles. The minimum Gasteiger partial charge on any atom is -0.467 e. The number of ether oxygens (including phenoxy) is 2. The van der Waals surface area contributed by atoms with E-state index in [1.807, 2.05) is 48.5 Å². The second-order valence-electron chi connectivity index (χ2n) is 7.01. The third-order valence-electron chi connectivity index (χ3n) is 5.41. The molecule has 1 fully saturated rings. The van der Waals surface area contributed by atoms with Crippen LogP contribution in [0, 0.1) is 5.92 Å². The van der Waals surface area contributed by atoms with E-state index in [-0.39, 0.29) is 30.6 Å². The van der Waals surface area contributed by atoms with Crippen molar-refractivity contribution in [1.29, 1.82) is 0 Å². The normalized spacial score (nSPS) is 22.6. The molecule has 0 bridgehead atoms. The monoisotopic (exact) mass is 444 g/mol. The molecule has 1 saturated heterocycles. The summed E-state index contributed by atoms with van der Waals surface area (Å²) in [5.74, 6) is -0.387. The van der Waals surface area contributed by atoms with Crippen molar-refractivity contribution in [3.05, 3.63) is 64.1 Å². The molecule has 0 aromatic heterocycles. The number of carbonyl (C=O) groups excluding carboxylic acids is 2. The fourth-order valence-electron chi connectivity index (χ4n) is 4.12. The van der Waals surface area contributed by atoms with Crippen LogP contribution in [0.1, 0.15) is 23.6 Å². The summed E-state index contributed by atoms with van der Waals surface area (Å²) in [6.07, 6.45) is 0.330. The average Bonchev–Trinajstić information content (AvgIpc) is 3.17. The number of esters is 1. The van der Waals surface area contributed by atoms with E-state index in [0.29, 0.717) is 13.0 Å². The van der Waals surface area contributed by atoms with Crippen LogP contribution in [0.15, 0.2) is 53.0 Å². The number of carbonyl (C=O) groups is 2. The van der Waals surface area contributed by atoms with Crippen LogP contribution >= 0.6 is 15.9 Å². The second kappa shape index (κ2) is 7.83. The number of methoxy groups -OCH3 is 1. The van der Waals surface area contributed by atoms with Crippen LogP contribution in [0.4, 0.5) is 10.5 Å². The van der Waals surface area contributed by atoms with Crippen molar-refractivity contribution in [3.63, 3.8) is 0 Å².